The molecule has 5 rings (SSSR count). The van der Waals surface area contributed by atoms with Crippen LogP contribution in [-0.4, -0.2) is 24.5 Å². The van der Waals surface area contributed by atoms with Gasteiger partial charge >= 0.3 is 0 Å². The van der Waals surface area contributed by atoms with Crippen molar-refractivity contribution in [3.8, 4) is 34.2 Å². The molecule has 0 N–H and O–H groups in total. The number of nitrogens with zero attached hydrogens (tertiary/aromatic N) is 5. The zero-order chi connectivity index (χ0) is 20.5. The van der Waals surface area contributed by atoms with Gasteiger partial charge in [-0.05, 0) is 38.1 Å². The molecule has 30 heavy (non-hydrogen) atoms. The zero-order valence-electron chi connectivity index (χ0n) is 16.9. The zero-order valence-corrected chi connectivity index (χ0v) is 16.9. The summed E-state index contributed by atoms with van der Waals surface area (Å²) in [6.45, 7) is 3.99. The lowest BCUT2D eigenvalue weighted by Crippen LogP contribution is -2.07. The summed E-state index contributed by atoms with van der Waals surface area (Å²) in [7, 11) is 0. The largest absolute Gasteiger partial charge is 0.214 e. The van der Waals surface area contributed by atoms with Gasteiger partial charge in [0.1, 0.15) is 0 Å². The lowest BCUT2D eigenvalue weighted by molar-refractivity contribution is 0.798. The molecule has 0 amide bonds. The second-order valence-corrected chi connectivity index (χ2v) is 7.25. The van der Waals surface area contributed by atoms with E-state index in [0.29, 0.717) is 0 Å². The second kappa shape index (κ2) is 7.44. The number of pyridine rings is 1. The van der Waals surface area contributed by atoms with Gasteiger partial charge in [-0.2, -0.15) is 10.2 Å². The van der Waals surface area contributed by atoms with E-state index in [9.17, 15) is 0 Å². The summed E-state index contributed by atoms with van der Waals surface area (Å²) >= 11 is 0. The van der Waals surface area contributed by atoms with Crippen molar-refractivity contribution in [3.63, 3.8) is 0 Å². The van der Waals surface area contributed by atoms with Crippen LogP contribution in [0.5, 0.6) is 0 Å². The van der Waals surface area contributed by atoms with Gasteiger partial charge in [-0.15, -0.1) is 0 Å². The summed E-state index contributed by atoms with van der Waals surface area (Å²) in [5, 5.41) is 9.40. The minimum absolute atomic E-state index is 0.756. The Bertz CT molecular complexity index is 1200. The monoisotopic (exact) mass is 391 g/mol. The molecule has 5 heteroatoms. The van der Waals surface area contributed by atoms with Gasteiger partial charge in [-0.3, -0.25) is 0 Å². The molecule has 0 unspecified atom stereocenters. The van der Waals surface area contributed by atoms with Crippen molar-refractivity contribution in [1.29, 1.82) is 0 Å². The standard InChI is InChI=1S/C25H21N5/c1-18-16-22(20-10-5-3-6-11-20)29(27-18)24-14-9-15-25(26-24)30-23(17-19(2)28-30)21-12-7-4-8-13-21/h3-17H,1-2H3. The Kier molecular flexibility index (Phi) is 4.48. The first kappa shape index (κ1) is 18.1. The number of rotatable bonds is 4. The fourth-order valence-corrected chi connectivity index (χ4v) is 3.63. The third-order valence-corrected chi connectivity index (χ3v) is 4.96. The molecule has 0 aliphatic rings. The van der Waals surface area contributed by atoms with E-state index in [0.717, 1.165) is 45.5 Å². The third-order valence-electron chi connectivity index (χ3n) is 4.96. The van der Waals surface area contributed by atoms with Crippen molar-refractivity contribution in [1.82, 2.24) is 24.5 Å². The number of aromatic nitrogens is 5. The van der Waals surface area contributed by atoms with Gasteiger partial charge in [-0.25, -0.2) is 14.3 Å². The van der Waals surface area contributed by atoms with Crippen LogP contribution in [0.2, 0.25) is 0 Å². The van der Waals surface area contributed by atoms with E-state index in [1.54, 1.807) is 0 Å². The molecular formula is C25H21N5. The van der Waals surface area contributed by atoms with Crippen LogP contribution in [0.25, 0.3) is 34.2 Å². The summed E-state index contributed by atoms with van der Waals surface area (Å²) in [5.41, 5.74) is 6.12. The van der Waals surface area contributed by atoms with Crippen molar-refractivity contribution in [2.75, 3.05) is 0 Å². The maximum Gasteiger partial charge on any atom is 0.156 e. The van der Waals surface area contributed by atoms with Gasteiger partial charge in [0.2, 0.25) is 0 Å². The van der Waals surface area contributed by atoms with Gasteiger partial charge in [0.25, 0.3) is 0 Å². The first-order chi connectivity index (χ1) is 14.7. The molecular weight excluding hydrogens is 370 g/mol. The molecule has 5 aromatic rings. The quantitative estimate of drug-likeness (QED) is 0.412. The fourth-order valence-electron chi connectivity index (χ4n) is 3.63. The Morgan fingerprint density at radius 3 is 1.40 bits per heavy atom. The average molecular weight is 391 g/mol. The molecule has 0 atom stereocenters. The SMILES string of the molecule is Cc1cc(-c2ccccc2)n(-c2cccc(-n3nc(C)cc3-c3ccccc3)n2)n1. The van der Waals surface area contributed by atoms with Crippen LogP contribution in [0.4, 0.5) is 0 Å². The molecule has 0 bridgehead atoms. The molecule has 0 saturated heterocycles. The van der Waals surface area contributed by atoms with E-state index < -0.39 is 0 Å². The highest BCUT2D eigenvalue weighted by molar-refractivity contribution is 5.63. The van der Waals surface area contributed by atoms with E-state index in [1.807, 2.05) is 77.8 Å². The molecule has 0 saturated carbocycles. The molecule has 2 aromatic carbocycles. The Balaban J connectivity index is 1.63. The van der Waals surface area contributed by atoms with Gasteiger partial charge < -0.3 is 0 Å². The minimum atomic E-state index is 0.756. The first-order valence-corrected chi connectivity index (χ1v) is 9.91. The van der Waals surface area contributed by atoms with Crippen LogP contribution >= 0.6 is 0 Å². The molecule has 0 fully saturated rings. The second-order valence-electron chi connectivity index (χ2n) is 7.25. The highest BCUT2D eigenvalue weighted by Gasteiger charge is 2.14. The highest BCUT2D eigenvalue weighted by atomic mass is 15.4. The molecule has 0 aliphatic heterocycles. The Labute approximate surface area is 175 Å². The van der Waals surface area contributed by atoms with Gasteiger partial charge in [0, 0.05) is 11.1 Å². The van der Waals surface area contributed by atoms with E-state index in [4.69, 9.17) is 15.2 Å². The van der Waals surface area contributed by atoms with Gasteiger partial charge in [0.05, 0.1) is 22.8 Å². The Morgan fingerprint density at radius 1 is 0.533 bits per heavy atom. The van der Waals surface area contributed by atoms with Crippen LogP contribution in [0.1, 0.15) is 11.4 Å². The normalized spacial score (nSPS) is 11.0. The lowest BCUT2D eigenvalue weighted by atomic mass is 10.1. The third kappa shape index (κ3) is 3.31. The maximum absolute atomic E-state index is 4.91. The first-order valence-electron chi connectivity index (χ1n) is 9.91. The molecule has 5 nitrogen and oxygen atoms in total. The van der Waals surface area contributed by atoms with Crippen molar-refractivity contribution < 1.29 is 0 Å². The molecule has 3 heterocycles. The summed E-state index contributed by atoms with van der Waals surface area (Å²) in [6.07, 6.45) is 0. The lowest BCUT2D eigenvalue weighted by Gasteiger charge is -2.10. The van der Waals surface area contributed by atoms with Crippen molar-refractivity contribution in [2.24, 2.45) is 0 Å². The molecule has 146 valence electrons. The summed E-state index contributed by atoms with van der Waals surface area (Å²) in [4.78, 5) is 4.91. The van der Waals surface area contributed by atoms with Crippen LogP contribution in [0.3, 0.4) is 0 Å². The topological polar surface area (TPSA) is 48.5 Å². The molecule has 3 aromatic heterocycles. The van der Waals surface area contributed by atoms with Crippen LogP contribution in [-0.2, 0) is 0 Å². The number of aryl methyl sites for hydroxylation is 2. The van der Waals surface area contributed by atoms with E-state index >= 15 is 0 Å². The predicted molar refractivity (Wildman–Crippen MR) is 119 cm³/mol. The number of hydrogen-bond acceptors (Lipinski definition) is 3. The Hall–Kier alpha value is -3.99. The number of hydrogen-bond donors (Lipinski definition) is 0. The van der Waals surface area contributed by atoms with Crippen LogP contribution in [0.15, 0.2) is 91.0 Å². The summed E-state index contributed by atoms with van der Waals surface area (Å²) in [6, 6.07) is 30.6. The maximum atomic E-state index is 4.91. The molecule has 0 radical (unpaired) electrons. The van der Waals surface area contributed by atoms with Crippen LogP contribution in [0, 0.1) is 13.8 Å². The number of benzene rings is 2. The van der Waals surface area contributed by atoms with Crippen molar-refractivity contribution in [2.45, 2.75) is 13.8 Å². The smallest absolute Gasteiger partial charge is 0.156 e. The summed E-state index contributed by atoms with van der Waals surface area (Å²) in [5.74, 6) is 1.51. The Morgan fingerprint density at radius 2 is 0.967 bits per heavy atom. The van der Waals surface area contributed by atoms with Gasteiger partial charge in [-0.1, -0.05) is 66.7 Å². The van der Waals surface area contributed by atoms with Crippen LogP contribution < -0.4 is 0 Å². The minimum Gasteiger partial charge on any atom is -0.214 e. The van der Waals surface area contributed by atoms with Gasteiger partial charge in [0.15, 0.2) is 11.6 Å². The van der Waals surface area contributed by atoms with E-state index in [2.05, 4.69) is 36.4 Å². The molecule has 0 spiro atoms. The van der Waals surface area contributed by atoms with E-state index in [1.165, 1.54) is 0 Å². The van der Waals surface area contributed by atoms with Crippen molar-refractivity contribution in [3.05, 3.63) is 102 Å². The average Bonchev–Trinajstić information content (AvgIpc) is 3.38. The predicted octanol–water partition coefficient (Wildman–Crippen LogP) is 5.40. The highest BCUT2D eigenvalue weighted by Crippen LogP contribution is 2.26. The van der Waals surface area contributed by atoms with Crippen molar-refractivity contribution >= 4 is 0 Å². The fraction of sp³-hybridized carbons (Fsp3) is 0.0800. The summed E-state index contributed by atoms with van der Waals surface area (Å²) < 4.78 is 3.79. The molecule has 0 aliphatic carbocycles. The van der Waals surface area contributed by atoms with E-state index in [-0.39, 0.29) is 0 Å².